The molecule has 0 bridgehead atoms. The molecule has 0 aliphatic heterocycles. The molecule has 0 spiro atoms. The molecule has 0 radical (unpaired) electrons. The second-order valence-corrected chi connectivity index (χ2v) is 4.43. The van der Waals surface area contributed by atoms with Gasteiger partial charge in [-0.2, -0.15) is 0 Å². The number of nitrogens with one attached hydrogen (secondary N) is 1. The Kier molecular flexibility index (Phi) is 9.59. The highest BCUT2D eigenvalue weighted by Gasteiger charge is 2.06. The first-order valence-electron chi connectivity index (χ1n) is 6.20. The van der Waals surface area contributed by atoms with Crippen LogP contribution in [0.2, 0.25) is 0 Å². The zero-order valence-electron chi connectivity index (χ0n) is 10.2. The summed E-state index contributed by atoms with van der Waals surface area (Å²) in [5.41, 5.74) is 2.18. The number of amides is 1. The molecule has 1 amide bonds. The molecule has 3 nitrogen and oxygen atoms in total. The SMILES string of the molecule is CCCCCCCCC(C)CC(=O)NN. The highest BCUT2D eigenvalue weighted by molar-refractivity contribution is 5.75. The van der Waals surface area contributed by atoms with Crippen molar-refractivity contribution >= 4 is 5.91 Å². The second kappa shape index (κ2) is 9.97. The normalized spacial score (nSPS) is 12.5. The van der Waals surface area contributed by atoms with Crippen LogP contribution in [0.4, 0.5) is 0 Å². The van der Waals surface area contributed by atoms with Gasteiger partial charge in [0, 0.05) is 6.42 Å². The first-order valence-corrected chi connectivity index (χ1v) is 6.20. The number of nitrogens with two attached hydrogens (primary N) is 1. The maximum absolute atomic E-state index is 11.0. The molecule has 0 saturated carbocycles. The third-order valence-electron chi connectivity index (χ3n) is 2.75. The van der Waals surface area contributed by atoms with Gasteiger partial charge >= 0.3 is 0 Å². The molecule has 0 aromatic heterocycles. The Morgan fingerprint density at radius 2 is 1.80 bits per heavy atom. The van der Waals surface area contributed by atoms with Gasteiger partial charge in [0.05, 0.1) is 0 Å². The van der Waals surface area contributed by atoms with Gasteiger partial charge < -0.3 is 0 Å². The van der Waals surface area contributed by atoms with E-state index < -0.39 is 0 Å². The van der Waals surface area contributed by atoms with E-state index >= 15 is 0 Å². The van der Waals surface area contributed by atoms with Gasteiger partial charge in [0.2, 0.25) is 5.91 Å². The number of hydrazine groups is 1. The number of rotatable bonds is 9. The molecule has 1 atom stereocenters. The van der Waals surface area contributed by atoms with Gasteiger partial charge in [-0.15, -0.1) is 0 Å². The zero-order valence-corrected chi connectivity index (χ0v) is 10.2. The van der Waals surface area contributed by atoms with Crippen molar-refractivity contribution < 1.29 is 4.79 Å². The van der Waals surface area contributed by atoms with Gasteiger partial charge in [-0.25, -0.2) is 5.84 Å². The summed E-state index contributed by atoms with van der Waals surface area (Å²) in [7, 11) is 0. The van der Waals surface area contributed by atoms with E-state index in [2.05, 4.69) is 19.3 Å². The molecule has 0 aliphatic carbocycles. The lowest BCUT2D eigenvalue weighted by Crippen LogP contribution is -2.31. The standard InChI is InChI=1S/C12H26N2O/c1-3-4-5-6-7-8-9-11(2)10-12(15)14-13/h11H,3-10,13H2,1-2H3,(H,14,15). The number of carbonyl (C=O) groups excluding carboxylic acids is 1. The van der Waals surface area contributed by atoms with E-state index in [1.54, 1.807) is 0 Å². The van der Waals surface area contributed by atoms with Crippen LogP contribution in [-0.4, -0.2) is 5.91 Å². The fraction of sp³-hybridized carbons (Fsp3) is 0.917. The molecule has 0 saturated heterocycles. The second-order valence-electron chi connectivity index (χ2n) is 4.43. The third kappa shape index (κ3) is 9.73. The summed E-state index contributed by atoms with van der Waals surface area (Å²) in [5, 5.41) is 0. The van der Waals surface area contributed by atoms with E-state index in [0.717, 1.165) is 6.42 Å². The fourth-order valence-corrected chi connectivity index (χ4v) is 1.75. The average Bonchev–Trinajstić information content (AvgIpc) is 2.23. The maximum Gasteiger partial charge on any atom is 0.234 e. The largest absolute Gasteiger partial charge is 0.294 e. The van der Waals surface area contributed by atoms with Crippen LogP contribution in [-0.2, 0) is 4.79 Å². The topological polar surface area (TPSA) is 55.1 Å². The molecule has 0 heterocycles. The lowest BCUT2D eigenvalue weighted by Gasteiger charge is -2.09. The van der Waals surface area contributed by atoms with Crippen molar-refractivity contribution in [3.05, 3.63) is 0 Å². The minimum absolute atomic E-state index is 0.0477. The number of unbranched alkanes of at least 4 members (excludes halogenated alkanes) is 5. The van der Waals surface area contributed by atoms with Gasteiger partial charge in [0.1, 0.15) is 0 Å². The van der Waals surface area contributed by atoms with Crippen LogP contribution in [0.25, 0.3) is 0 Å². The molecule has 0 aromatic rings. The van der Waals surface area contributed by atoms with Gasteiger partial charge in [-0.1, -0.05) is 58.8 Å². The molecule has 90 valence electrons. The monoisotopic (exact) mass is 214 g/mol. The summed E-state index contributed by atoms with van der Waals surface area (Å²) in [5.74, 6) is 5.44. The van der Waals surface area contributed by atoms with Crippen molar-refractivity contribution in [1.29, 1.82) is 0 Å². The molecular formula is C12H26N2O. The molecule has 3 N–H and O–H groups in total. The average molecular weight is 214 g/mol. The van der Waals surface area contributed by atoms with E-state index in [1.807, 2.05) is 0 Å². The minimum atomic E-state index is -0.0477. The summed E-state index contributed by atoms with van der Waals surface area (Å²) < 4.78 is 0. The number of hydrogen-bond donors (Lipinski definition) is 2. The predicted molar refractivity (Wildman–Crippen MR) is 64.1 cm³/mol. The highest BCUT2D eigenvalue weighted by atomic mass is 16.2. The summed E-state index contributed by atoms with van der Waals surface area (Å²) in [6.45, 7) is 4.34. The molecule has 1 unspecified atom stereocenters. The Bertz CT molecular complexity index is 160. The van der Waals surface area contributed by atoms with Crippen molar-refractivity contribution in [1.82, 2.24) is 5.43 Å². The Hall–Kier alpha value is -0.570. The van der Waals surface area contributed by atoms with Crippen LogP contribution in [0.15, 0.2) is 0 Å². The quantitative estimate of drug-likeness (QED) is 0.268. The van der Waals surface area contributed by atoms with E-state index in [0.29, 0.717) is 12.3 Å². The summed E-state index contributed by atoms with van der Waals surface area (Å²) in [6, 6.07) is 0. The third-order valence-corrected chi connectivity index (χ3v) is 2.75. The summed E-state index contributed by atoms with van der Waals surface area (Å²) in [4.78, 5) is 11.0. The van der Waals surface area contributed by atoms with Crippen molar-refractivity contribution in [3.8, 4) is 0 Å². The zero-order chi connectivity index (χ0) is 11.5. The van der Waals surface area contributed by atoms with Crippen LogP contribution in [0, 0.1) is 5.92 Å². The smallest absolute Gasteiger partial charge is 0.234 e. The first kappa shape index (κ1) is 14.4. The summed E-state index contributed by atoms with van der Waals surface area (Å²) in [6.07, 6.45) is 9.58. The minimum Gasteiger partial charge on any atom is -0.294 e. The summed E-state index contributed by atoms with van der Waals surface area (Å²) >= 11 is 0. The predicted octanol–water partition coefficient (Wildman–Crippen LogP) is 2.75. The maximum atomic E-state index is 11.0. The van der Waals surface area contributed by atoms with Gasteiger partial charge in [0.15, 0.2) is 0 Å². The van der Waals surface area contributed by atoms with E-state index in [4.69, 9.17) is 5.84 Å². The Morgan fingerprint density at radius 1 is 1.20 bits per heavy atom. The van der Waals surface area contributed by atoms with Crippen LogP contribution in [0.3, 0.4) is 0 Å². The number of hydrogen-bond acceptors (Lipinski definition) is 2. The Morgan fingerprint density at radius 3 is 2.40 bits per heavy atom. The van der Waals surface area contributed by atoms with Crippen LogP contribution in [0.5, 0.6) is 0 Å². The van der Waals surface area contributed by atoms with E-state index in [9.17, 15) is 4.79 Å². The Balaban J connectivity index is 3.23. The molecule has 0 aromatic carbocycles. The van der Waals surface area contributed by atoms with Crippen molar-refractivity contribution in [2.45, 2.75) is 65.2 Å². The van der Waals surface area contributed by atoms with Crippen molar-refractivity contribution in [3.63, 3.8) is 0 Å². The first-order chi connectivity index (χ1) is 7.20. The molecule has 0 rings (SSSR count). The lowest BCUT2D eigenvalue weighted by molar-refractivity contribution is -0.122. The van der Waals surface area contributed by atoms with E-state index in [1.165, 1.54) is 38.5 Å². The van der Waals surface area contributed by atoms with Crippen LogP contribution >= 0.6 is 0 Å². The van der Waals surface area contributed by atoms with Crippen LogP contribution in [0.1, 0.15) is 65.2 Å². The molecule has 3 heteroatoms. The fourth-order valence-electron chi connectivity index (χ4n) is 1.75. The van der Waals surface area contributed by atoms with Gasteiger partial charge in [-0.05, 0) is 5.92 Å². The van der Waals surface area contributed by atoms with Gasteiger partial charge in [-0.3, -0.25) is 10.2 Å². The van der Waals surface area contributed by atoms with Crippen LogP contribution < -0.4 is 11.3 Å². The lowest BCUT2D eigenvalue weighted by atomic mass is 9.99. The molecule has 15 heavy (non-hydrogen) atoms. The van der Waals surface area contributed by atoms with Gasteiger partial charge in [0.25, 0.3) is 0 Å². The molecule has 0 fully saturated rings. The van der Waals surface area contributed by atoms with Crippen molar-refractivity contribution in [2.75, 3.05) is 0 Å². The van der Waals surface area contributed by atoms with E-state index in [-0.39, 0.29) is 5.91 Å². The van der Waals surface area contributed by atoms with Crippen molar-refractivity contribution in [2.24, 2.45) is 11.8 Å². The Labute approximate surface area is 93.8 Å². The highest BCUT2D eigenvalue weighted by Crippen LogP contribution is 2.14. The molecule has 0 aliphatic rings. The molecular weight excluding hydrogens is 188 g/mol. The number of carbonyl (C=O) groups is 1.